The van der Waals surface area contributed by atoms with Gasteiger partial charge in [-0.15, -0.1) is 47.3 Å². The van der Waals surface area contributed by atoms with Gasteiger partial charge in [-0.05, 0) is 66.1 Å². The van der Waals surface area contributed by atoms with Crippen LogP contribution in [-0.4, -0.2) is 14.5 Å². The number of benzene rings is 6. The molecule has 0 bridgehead atoms. The maximum atomic E-state index is 5.29. The first kappa shape index (κ1) is 35.9. The number of rotatable bonds is 7. The van der Waals surface area contributed by atoms with E-state index < -0.39 is 0 Å². The van der Waals surface area contributed by atoms with Gasteiger partial charge in [0.2, 0.25) is 0 Å². The molecule has 53 heavy (non-hydrogen) atoms. The van der Waals surface area contributed by atoms with E-state index in [1.54, 1.807) is 17.5 Å². The van der Waals surface area contributed by atoms with Crippen LogP contribution in [0.25, 0.3) is 71.7 Å². The van der Waals surface area contributed by atoms with E-state index in [9.17, 15) is 0 Å². The molecule has 0 aliphatic carbocycles. The second-order valence-corrected chi connectivity index (χ2v) is 13.7. The van der Waals surface area contributed by atoms with Gasteiger partial charge >= 0.3 is 0 Å². The maximum absolute atomic E-state index is 5.29. The van der Waals surface area contributed by atoms with Crippen molar-refractivity contribution in [1.29, 1.82) is 0 Å². The van der Waals surface area contributed by atoms with Gasteiger partial charge in [0.15, 0.2) is 0 Å². The number of aromatic nitrogens is 3. The van der Waals surface area contributed by atoms with E-state index >= 15 is 0 Å². The van der Waals surface area contributed by atoms with Crippen LogP contribution in [0.1, 0.15) is 24.5 Å². The van der Waals surface area contributed by atoms with Crippen molar-refractivity contribution in [2.75, 3.05) is 0 Å². The van der Waals surface area contributed by atoms with Gasteiger partial charge in [0.05, 0.1) is 22.5 Å². The molecule has 0 spiro atoms. The summed E-state index contributed by atoms with van der Waals surface area (Å²) in [5, 5.41) is 4.88. The number of para-hydroxylation sites is 2. The number of fused-ring (bicyclic) bond motifs is 2. The fourth-order valence-corrected chi connectivity index (χ4v) is 7.64. The Hall–Kier alpha value is -5.45. The summed E-state index contributed by atoms with van der Waals surface area (Å²) in [5.41, 5.74) is 13.6. The van der Waals surface area contributed by atoms with Crippen LogP contribution in [-0.2, 0) is 26.5 Å². The first-order chi connectivity index (χ1) is 25.7. The second kappa shape index (κ2) is 16.5. The third-order valence-electron chi connectivity index (χ3n) is 9.20. The van der Waals surface area contributed by atoms with Crippen molar-refractivity contribution >= 4 is 32.5 Å². The monoisotopic (exact) mass is 880 g/mol. The molecule has 3 aromatic heterocycles. The van der Waals surface area contributed by atoms with Gasteiger partial charge in [0.1, 0.15) is 0 Å². The summed E-state index contributed by atoms with van der Waals surface area (Å²) < 4.78 is 3.62. The van der Waals surface area contributed by atoms with Crippen LogP contribution in [0.3, 0.4) is 0 Å². The Morgan fingerprint density at radius 2 is 1.38 bits per heavy atom. The fraction of sp³-hybridized carbons (Fsp3) is 0.0833. The number of imidazole rings is 1. The van der Waals surface area contributed by atoms with Gasteiger partial charge in [-0.1, -0.05) is 132 Å². The predicted molar refractivity (Wildman–Crippen MR) is 219 cm³/mol. The topological polar surface area (TPSA) is 30.7 Å². The summed E-state index contributed by atoms with van der Waals surface area (Å²) in [5.74, 6) is 0.930. The van der Waals surface area contributed by atoms with Crippen LogP contribution in [0.5, 0.6) is 0 Å². The molecule has 0 N–H and O–H groups in total. The summed E-state index contributed by atoms with van der Waals surface area (Å²) in [6.45, 7) is 4.42. The molecule has 0 amide bonds. The van der Waals surface area contributed by atoms with Crippen LogP contribution in [0.4, 0.5) is 0 Å². The Labute approximate surface area is 329 Å². The third kappa shape index (κ3) is 7.56. The minimum absolute atomic E-state index is 0. The molecule has 0 aliphatic heterocycles. The Morgan fingerprint density at radius 3 is 2.04 bits per heavy atom. The van der Waals surface area contributed by atoms with Gasteiger partial charge in [-0.2, -0.15) is 0 Å². The van der Waals surface area contributed by atoms with Crippen molar-refractivity contribution in [3.8, 4) is 50.6 Å². The van der Waals surface area contributed by atoms with E-state index in [1.165, 1.54) is 43.5 Å². The van der Waals surface area contributed by atoms with Gasteiger partial charge in [0.25, 0.3) is 0 Å². The van der Waals surface area contributed by atoms with Gasteiger partial charge in [-0.25, -0.2) is 0 Å². The fourth-order valence-electron chi connectivity index (χ4n) is 6.82. The molecule has 0 fully saturated rings. The molecule has 261 valence electrons. The van der Waals surface area contributed by atoms with Gasteiger partial charge in [-0.3, -0.25) is 16.3 Å². The minimum atomic E-state index is 0. The Bertz CT molecular complexity index is 2480. The Balaban J connectivity index is 0.000000284. The first-order valence-corrected chi connectivity index (χ1v) is 18.5. The molecule has 9 rings (SSSR count). The standard InChI is InChI=1S/C37H29N2S.C11H8N.Ir/c1-3-12-26-19-20-35-31(23-26)32(24-40-35)37-38-33-17-10-11-18-34(33)39(37)36-29(27-13-6-4-7-14-27)21-25(2)22-30(36)28-15-8-5-9-16-28;1-2-6-10(7-3-1)11-8-4-5-9-12-11;/h4-11,13-23H,3,12H2,1-2H3;1-6,8-9H;/q2*-1;. The summed E-state index contributed by atoms with van der Waals surface area (Å²) in [6, 6.07) is 58.2. The number of hydrogen-bond acceptors (Lipinski definition) is 3. The third-order valence-corrected chi connectivity index (χ3v) is 10.1. The first-order valence-electron chi connectivity index (χ1n) is 17.7. The Morgan fingerprint density at radius 1 is 0.698 bits per heavy atom. The van der Waals surface area contributed by atoms with Crippen molar-refractivity contribution in [3.63, 3.8) is 0 Å². The van der Waals surface area contributed by atoms with Crippen molar-refractivity contribution in [2.24, 2.45) is 0 Å². The van der Waals surface area contributed by atoms with E-state index in [-0.39, 0.29) is 20.1 Å². The molecule has 3 heterocycles. The van der Waals surface area contributed by atoms with Gasteiger partial charge < -0.3 is 9.55 Å². The SMILES string of the molecule is CCCc1ccc2s[c-]c(-c3nc4ccccc4n3-c3c(-c4ccccc4)cc(C)cc3-c3ccccc3)c2c1.[Ir].[c-]1ccccc1-c1ccccn1. The van der Waals surface area contributed by atoms with E-state index in [4.69, 9.17) is 4.98 Å². The zero-order valence-corrected chi connectivity index (χ0v) is 32.8. The van der Waals surface area contributed by atoms with Crippen molar-refractivity contribution in [2.45, 2.75) is 26.7 Å². The molecule has 0 saturated carbocycles. The maximum Gasteiger partial charge on any atom is 0.0774 e. The molecular weight excluding hydrogens is 843 g/mol. The number of nitrogens with zero attached hydrogens (tertiary/aromatic N) is 3. The van der Waals surface area contributed by atoms with Gasteiger partial charge in [0, 0.05) is 37.4 Å². The molecule has 1 radical (unpaired) electrons. The quantitative estimate of drug-likeness (QED) is 0.149. The normalized spacial score (nSPS) is 10.8. The van der Waals surface area contributed by atoms with Crippen LogP contribution in [0.2, 0.25) is 0 Å². The van der Waals surface area contributed by atoms with E-state index in [2.05, 4.69) is 150 Å². The van der Waals surface area contributed by atoms with Crippen molar-refractivity contribution in [1.82, 2.24) is 14.5 Å². The smallest absolute Gasteiger partial charge is 0.0774 e. The van der Waals surface area contributed by atoms with Crippen LogP contribution >= 0.6 is 11.3 Å². The molecular formula is C48H37IrN3S-2. The molecule has 6 aromatic carbocycles. The molecule has 0 unspecified atom stereocenters. The van der Waals surface area contributed by atoms with Crippen molar-refractivity contribution in [3.05, 3.63) is 186 Å². The van der Waals surface area contributed by atoms with Crippen LogP contribution < -0.4 is 0 Å². The summed E-state index contributed by atoms with van der Waals surface area (Å²) >= 11 is 1.67. The minimum Gasteiger partial charge on any atom is -0.332 e. The average Bonchev–Trinajstić information content (AvgIpc) is 3.80. The van der Waals surface area contributed by atoms with Crippen molar-refractivity contribution < 1.29 is 20.1 Å². The number of hydrogen-bond donors (Lipinski definition) is 0. The van der Waals surface area contributed by atoms with E-state index in [0.29, 0.717) is 0 Å². The zero-order chi connectivity index (χ0) is 35.3. The molecule has 9 aromatic rings. The zero-order valence-electron chi connectivity index (χ0n) is 29.6. The molecule has 5 heteroatoms. The largest absolute Gasteiger partial charge is 0.332 e. The van der Waals surface area contributed by atoms with E-state index in [1.807, 2.05) is 42.5 Å². The molecule has 3 nitrogen and oxygen atoms in total. The predicted octanol–water partition coefficient (Wildman–Crippen LogP) is 12.8. The van der Waals surface area contributed by atoms with Crippen LogP contribution in [0, 0.1) is 18.4 Å². The average molecular weight is 880 g/mol. The number of thiophene rings is 1. The summed E-state index contributed by atoms with van der Waals surface area (Å²) in [6.07, 6.45) is 3.98. The molecule has 0 atom stereocenters. The van der Waals surface area contributed by atoms with Crippen LogP contribution in [0.15, 0.2) is 164 Å². The second-order valence-electron chi connectivity index (χ2n) is 12.9. The summed E-state index contributed by atoms with van der Waals surface area (Å²) in [7, 11) is 0. The number of aryl methyl sites for hydroxylation is 2. The molecule has 0 aliphatic rings. The molecule has 0 saturated heterocycles. The van der Waals surface area contributed by atoms with E-state index in [0.717, 1.165) is 52.2 Å². The Kier molecular flexibility index (Phi) is 11.2. The summed E-state index contributed by atoms with van der Waals surface area (Å²) in [4.78, 5) is 9.51. The number of pyridine rings is 1.